The zero-order valence-corrected chi connectivity index (χ0v) is 20.4. The number of hydrazone groups is 1. The van der Waals surface area contributed by atoms with Crippen LogP contribution >= 0.6 is 35.0 Å². The fraction of sp³-hybridized carbons (Fsp3) is 0.200. The number of hydrogen-bond acceptors (Lipinski definition) is 5. The molecule has 0 atom stereocenters. The van der Waals surface area contributed by atoms with Gasteiger partial charge >= 0.3 is 0 Å². The summed E-state index contributed by atoms with van der Waals surface area (Å²) in [5, 5.41) is 5.41. The number of thioether (sulfide) groups is 1. The van der Waals surface area contributed by atoms with E-state index in [2.05, 4.69) is 10.5 Å². The van der Waals surface area contributed by atoms with Gasteiger partial charge in [0.2, 0.25) is 5.91 Å². The van der Waals surface area contributed by atoms with E-state index in [9.17, 15) is 4.79 Å². The van der Waals surface area contributed by atoms with Gasteiger partial charge in [0.15, 0.2) is 11.5 Å². The normalized spacial score (nSPS) is 10.9. The smallest absolute Gasteiger partial charge is 0.240 e. The van der Waals surface area contributed by atoms with Crippen molar-refractivity contribution in [2.75, 3.05) is 12.4 Å². The molecule has 0 aromatic heterocycles. The molecule has 0 aliphatic heterocycles. The molecule has 0 saturated carbocycles. The minimum absolute atomic E-state index is 0.153. The Labute approximate surface area is 208 Å². The third-order valence-corrected chi connectivity index (χ3v) is 5.87. The molecule has 33 heavy (non-hydrogen) atoms. The van der Waals surface area contributed by atoms with Crippen molar-refractivity contribution in [1.82, 2.24) is 5.43 Å². The van der Waals surface area contributed by atoms with E-state index in [-0.39, 0.29) is 5.91 Å². The average Bonchev–Trinajstić information content (AvgIpc) is 2.80. The van der Waals surface area contributed by atoms with E-state index < -0.39 is 0 Å². The number of benzene rings is 3. The number of ether oxygens (including phenoxy) is 2. The lowest BCUT2D eigenvalue weighted by atomic mass is 10.2. The van der Waals surface area contributed by atoms with Crippen LogP contribution in [0.1, 0.15) is 24.5 Å². The summed E-state index contributed by atoms with van der Waals surface area (Å²) >= 11 is 13.5. The zero-order chi connectivity index (χ0) is 23.5. The number of rotatable bonds is 11. The number of hydrogen-bond donors (Lipinski definition) is 1. The standard InChI is InChI=1S/C25H24Cl2N2O3S/c1-2-31-24-15-18(6-11-23(24)32-17-19-4-3-5-21(27)14-19)16-28-29-25(30)12-13-33-22-9-7-20(26)8-10-22/h3-11,14-16H,2,12-13,17H2,1H3,(H,29,30)/b28-16-. The minimum Gasteiger partial charge on any atom is -0.490 e. The van der Waals surface area contributed by atoms with Crippen molar-refractivity contribution in [3.63, 3.8) is 0 Å². The first-order chi connectivity index (χ1) is 16.0. The second-order valence-electron chi connectivity index (χ2n) is 6.90. The molecule has 0 aliphatic rings. The quantitative estimate of drug-likeness (QED) is 0.182. The van der Waals surface area contributed by atoms with Crippen molar-refractivity contribution < 1.29 is 14.3 Å². The van der Waals surface area contributed by atoms with Gasteiger partial charge in [0.05, 0.1) is 12.8 Å². The van der Waals surface area contributed by atoms with Crippen LogP contribution in [0.15, 0.2) is 76.7 Å². The SMILES string of the molecule is CCOc1cc(/C=N\NC(=O)CCSc2ccc(Cl)cc2)ccc1OCc1cccc(Cl)c1. The van der Waals surface area contributed by atoms with E-state index >= 15 is 0 Å². The van der Waals surface area contributed by atoms with Gasteiger partial charge < -0.3 is 9.47 Å². The molecular weight excluding hydrogens is 479 g/mol. The number of nitrogens with zero attached hydrogens (tertiary/aromatic N) is 1. The predicted octanol–water partition coefficient (Wildman–Crippen LogP) is 6.60. The molecule has 3 aromatic rings. The first-order valence-corrected chi connectivity index (χ1v) is 12.1. The third-order valence-electron chi connectivity index (χ3n) is 4.37. The van der Waals surface area contributed by atoms with E-state index in [1.165, 1.54) is 0 Å². The number of amides is 1. The predicted molar refractivity (Wildman–Crippen MR) is 136 cm³/mol. The van der Waals surface area contributed by atoms with Crippen molar-refractivity contribution in [3.8, 4) is 11.5 Å². The summed E-state index contributed by atoms with van der Waals surface area (Å²) in [6.07, 6.45) is 1.93. The van der Waals surface area contributed by atoms with Gasteiger partial charge in [-0.2, -0.15) is 5.10 Å². The van der Waals surface area contributed by atoms with Crippen molar-refractivity contribution >= 4 is 47.1 Å². The van der Waals surface area contributed by atoms with E-state index in [4.69, 9.17) is 32.7 Å². The van der Waals surface area contributed by atoms with Crippen LogP contribution in [0.2, 0.25) is 10.0 Å². The minimum atomic E-state index is -0.153. The van der Waals surface area contributed by atoms with Crippen molar-refractivity contribution in [1.29, 1.82) is 0 Å². The third kappa shape index (κ3) is 8.65. The maximum absolute atomic E-state index is 12.0. The van der Waals surface area contributed by atoms with Crippen LogP contribution in [0.3, 0.4) is 0 Å². The summed E-state index contributed by atoms with van der Waals surface area (Å²) < 4.78 is 11.6. The van der Waals surface area contributed by atoms with E-state index in [1.807, 2.05) is 73.7 Å². The van der Waals surface area contributed by atoms with Gasteiger partial charge in [0.25, 0.3) is 0 Å². The topological polar surface area (TPSA) is 59.9 Å². The second-order valence-corrected chi connectivity index (χ2v) is 8.94. The first-order valence-electron chi connectivity index (χ1n) is 10.4. The molecule has 1 amide bonds. The largest absolute Gasteiger partial charge is 0.490 e. The Morgan fingerprint density at radius 2 is 1.82 bits per heavy atom. The van der Waals surface area contributed by atoms with Gasteiger partial charge in [0, 0.05) is 27.1 Å². The van der Waals surface area contributed by atoms with Crippen LogP contribution in [0.5, 0.6) is 11.5 Å². The van der Waals surface area contributed by atoms with Crippen LogP contribution in [0.25, 0.3) is 0 Å². The van der Waals surface area contributed by atoms with Crippen LogP contribution in [0, 0.1) is 0 Å². The summed E-state index contributed by atoms with van der Waals surface area (Å²) in [6.45, 7) is 2.78. The number of carbonyl (C=O) groups excluding carboxylic acids is 1. The average molecular weight is 503 g/mol. The molecule has 0 aliphatic carbocycles. The second kappa shape index (κ2) is 13.1. The van der Waals surface area contributed by atoms with Crippen molar-refractivity contribution in [2.45, 2.75) is 24.8 Å². The van der Waals surface area contributed by atoms with E-state index in [1.54, 1.807) is 18.0 Å². The summed E-state index contributed by atoms with van der Waals surface area (Å²) in [5.41, 5.74) is 4.30. The van der Waals surface area contributed by atoms with Gasteiger partial charge in [-0.25, -0.2) is 5.43 Å². The van der Waals surface area contributed by atoms with Gasteiger partial charge in [-0.05, 0) is 72.6 Å². The summed E-state index contributed by atoms with van der Waals surface area (Å²) in [7, 11) is 0. The highest BCUT2D eigenvalue weighted by Crippen LogP contribution is 2.29. The maximum Gasteiger partial charge on any atom is 0.240 e. The highest BCUT2D eigenvalue weighted by molar-refractivity contribution is 7.99. The van der Waals surface area contributed by atoms with Crippen LogP contribution in [-0.2, 0) is 11.4 Å². The van der Waals surface area contributed by atoms with Crippen molar-refractivity contribution in [2.24, 2.45) is 5.10 Å². The molecule has 3 rings (SSSR count). The molecule has 8 heteroatoms. The summed E-state index contributed by atoms with van der Waals surface area (Å²) in [5.74, 6) is 1.72. The number of halogens is 2. The molecule has 0 radical (unpaired) electrons. The molecule has 0 bridgehead atoms. The van der Waals surface area contributed by atoms with Gasteiger partial charge in [-0.1, -0.05) is 35.3 Å². The molecule has 5 nitrogen and oxygen atoms in total. The van der Waals surface area contributed by atoms with Crippen molar-refractivity contribution in [3.05, 3.63) is 87.9 Å². The lowest BCUT2D eigenvalue weighted by Crippen LogP contribution is -2.17. The van der Waals surface area contributed by atoms with Gasteiger partial charge in [-0.15, -0.1) is 11.8 Å². The number of nitrogens with one attached hydrogen (secondary N) is 1. The molecule has 0 heterocycles. The van der Waals surface area contributed by atoms with Gasteiger partial charge in [0.1, 0.15) is 6.61 Å². The van der Waals surface area contributed by atoms with E-state index in [0.717, 1.165) is 16.0 Å². The lowest BCUT2D eigenvalue weighted by Gasteiger charge is -2.12. The molecule has 1 N–H and O–H groups in total. The zero-order valence-electron chi connectivity index (χ0n) is 18.1. The maximum atomic E-state index is 12.0. The fourth-order valence-corrected chi connectivity index (χ4v) is 4.00. The highest BCUT2D eigenvalue weighted by atomic mass is 35.5. The summed E-state index contributed by atoms with van der Waals surface area (Å²) in [4.78, 5) is 13.1. The molecule has 172 valence electrons. The first kappa shape index (κ1) is 25.0. The Kier molecular flexibility index (Phi) is 9.94. The Hall–Kier alpha value is -2.67. The van der Waals surface area contributed by atoms with E-state index in [0.29, 0.717) is 46.9 Å². The molecule has 3 aromatic carbocycles. The Morgan fingerprint density at radius 1 is 1.00 bits per heavy atom. The number of carbonyl (C=O) groups is 1. The molecule has 0 unspecified atom stereocenters. The molecule has 0 fully saturated rings. The van der Waals surface area contributed by atoms with Crippen LogP contribution in [-0.4, -0.2) is 24.5 Å². The highest BCUT2D eigenvalue weighted by Gasteiger charge is 2.07. The molecular formula is C25H24Cl2N2O3S. The Bertz CT molecular complexity index is 1090. The fourth-order valence-electron chi connectivity index (χ4n) is 2.81. The monoisotopic (exact) mass is 502 g/mol. The van der Waals surface area contributed by atoms with Gasteiger partial charge in [-0.3, -0.25) is 4.79 Å². The Morgan fingerprint density at radius 3 is 2.58 bits per heavy atom. The van der Waals surface area contributed by atoms with Crippen LogP contribution < -0.4 is 14.9 Å². The lowest BCUT2D eigenvalue weighted by molar-refractivity contribution is -0.120. The summed E-state index contributed by atoms with van der Waals surface area (Å²) in [6, 6.07) is 20.5. The molecule has 0 saturated heterocycles. The Balaban J connectivity index is 1.50. The van der Waals surface area contributed by atoms with Crippen LogP contribution in [0.4, 0.5) is 0 Å². The molecule has 0 spiro atoms.